The molecule has 0 heterocycles. The summed E-state index contributed by atoms with van der Waals surface area (Å²) >= 11 is 0. The molecule has 1 aromatic rings. The molecule has 1 aliphatic carbocycles. The lowest BCUT2D eigenvalue weighted by Crippen LogP contribution is -2.40. The number of halogens is 1. The van der Waals surface area contributed by atoms with Gasteiger partial charge >= 0.3 is 0 Å². The lowest BCUT2D eigenvalue weighted by atomic mass is 9.92. The van der Waals surface area contributed by atoms with Gasteiger partial charge in [0.25, 0.3) is 0 Å². The molecule has 0 radical (unpaired) electrons. The Labute approximate surface area is 136 Å². The second kappa shape index (κ2) is 7.31. The first kappa shape index (κ1) is 17.1. The first-order valence-corrected chi connectivity index (χ1v) is 7.52. The molecule has 0 saturated heterocycles. The maximum Gasteiger partial charge on any atom is 0.242 e. The molecule has 23 heavy (non-hydrogen) atoms. The minimum atomic E-state index is -1.72. The van der Waals surface area contributed by atoms with Gasteiger partial charge in [-0.1, -0.05) is 19.2 Å². The summed E-state index contributed by atoms with van der Waals surface area (Å²) in [5.74, 6) is -0.170. The van der Waals surface area contributed by atoms with Gasteiger partial charge in [0.15, 0.2) is 0 Å². The minimum Gasteiger partial charge on any atom is -0.490 e. The van der Waals surface area contributed by atoms with E-state index in [1.165, 1.54) is 20.0 Å². The molecule has 1 aromatic carbocycles. The zero-order chi connectivity index (χ0) is 16.9. The van der Waals surface area contributed by atoms with Crippen LogP contribution in [0.4, 0.5) is 4.39 Å². The quantitative estimate of drug-likeness (QED) is 0.551. The summed E-state index contributed by atoms with van der Waals surface area (Å²) < 4.78 is 30.2. The Balaban J connectivity index is 1.84. The number of rotatable bonds is 7. The van der Waals surface area contributed by atoms with Crippen LogP contribution >= 0.6 is 0 Å². The van der Waals surface area contributed by atoms with Crippen LogP contribution in [0, 0.1) is 0 Å². The molecular weight excluding hydrogens is 297 g/mol. The van der Waals surface area contributed by atoms with E-state index in [0.29, 0.717) is 17.4 Å². The molecule has 4 nitrogen and oxygen atoms in total. The smallest absolute Gasteiger partial charge is 0.242 e. The van der Waals surface area contributed by atoms with Crippen molar-refractivity contribution < 1.29 is 18.6 Å². The van der Waals surface area contributed by atoms with Crippen LogP contribution in [0.5, 0.6) is 11.5 Å². The summed E-state index contributed by atoms with van der Waals surface area (Å²) in [7, 11) is 0. The number of alkyl halides is 1. The van der Waals surface area contributed by atoms with E-state index in [1.54, 1.807) is 24.3 Å². The summed E-state index contributed by atoms with van der Waals surface area (Å²) in [6.45, 7) is 9.88. The van der Waals surface area contributed by atoms with Crippen molar-refractivity contribution in [3.63, 3.8) is 0 Å². The Morgan fingerprint density at radius 1 is 1.26 bits per heavy atom. The number of nitrogens with zero attached hydrogens (tertiary/aromatic N) is 1. The topological polar surface area (TPSA) is 40.0 Å². The van der Waals surface area contributed by atoms with Gasteiger partial charge in [0.1, 0.15) is 23.7 Å². The molecule has 0 bridgehead atoms. The van der Waals surface area contributed by atoms with Gasteiger partial charge in [-0.2, -0.15) is 4.39 Å². The third-order valence-electron chi connectivity index (χ3n) is 3.20. The number of hydrogen-bond donors (Lipinski definition) is 0. The van der Waals surface area contributed by atoms with E-state index in [-0.39, 0.29) is 12.2 Å². The lowest BCUT2D eigenvalue weighted by Gasteiger charge is -2.35. The Morgan fingerprint density at radius 3 is 2.57 bits per heavy atom. The molecule has 0 aromatic heterocycles. The summed E-state index contributed by atoms with van der Waals surface area (Å²) in [5.41, 5.74) is 0. The molecular formula is C18H22FNO3. The minimum absolute atomic E-state index is 0.0564. The van der Waals surface area contributed by atoms with E-state index in [2.05, 4.69) is 18.2 Å². The van der Waals surface area contributed by atoms with Gasteiger partial charge in [-0.05, 0) is 18.2 Å². The molecule has 1 fully saturated rings. The average Bonchev–Trinajstić information content (AvgIpc) is 2.42. The molecule has 1 aliphatic rings. The highest BCUT2D eigenvalue weighted by atomic mass is 19.2. The third kappa shape index (κ3) is 5.43. The molecule has 0 unspecified atom stereocenters. The van der Waals surface area contributed by atoms with Crippen LogP contribution < -0.4 is 9.47 Å². The standard InChI is InChI=1S/C18H22FNO3/c1-5-17(20-6-2)22-16-11-15(12-16)21-13-8-7-9-14(10-13)23-18(3,4)19/h5-10,15-16H,1-2,11-12H2,3-4H3. The van der Waals surface area contributed by atoms with Crippen molar-refractivity contribution in [2.24, 2.45) is 4.99 Å². The van der Waals surface area contributed by atoms with Crippen LogP contribution in [-0.4, -0.2) is 24.0 Å². The largest absolute Gasteiger partial charge is 0.490 e. The van der Waals surface area contributed by atoms with Crippen molar-refractivity contribution in [2.45, 2.75) is 44.8 Å². The lowest BCUT2D eigenvalue weighted by molar-refractivity contribution is -0.0264. The summed E-state index contributed by atoms with van der Waals surface area (Å²) in [6.07, 6.45) is 4.59. The van der Waals surface area contributed by atoms with Crippen molar-refractivity contribution in [1.29, 1.82) is 0 Å². The highest BCUT2D eigenvalue weighted by Crippen LogP contribution is 2.31. The molecule has 5 heteroatoms. The van der Waals surface area contributed by atoms with Crippen LogP contribution in [0.1, 0.15) is 26.7 Å². The third-order valence-corrected chi connectivity index (χ3v) is 3.20. The van der Waals surface area contributed by atoms with Gasteiger partial charge in [0.05, 0.1) is 0 Å². The molecule has 0 spiro atoms. The SMILES string of the molecule is C=CN=C(C=C)OC1CC(Oc2cccc(OC(C)(C)F)c2)C1. The summed E-state index contributed by atoms with van der Waals surface area (Å²) in [6, 6.07) is 6.98. The predicted octanol–water partition coefficient (Wildman–Crippen LogP) is 4.43. The van der Waals surface area contributed by atoms with Crippen LogP contribution in [0.25, 0.3) is 0 Å². The maximum atomic E-state index is 13.5. The Bertz CT molecular complexity index is 586. The maximum absolute atomic E-state index is 13.5. The molecule has 0 atom stereocenters. The first-order chi connectivity index (χ1) is 10.9. The predicted molar refractivity (Wildman–Crippen MR) is 88.6 cm³/mol. The fourth-order valence-corrected chi connectivity index (χ4v) is 2.19. The molecule has 124 valence electrons. The van der Waals surface area contributed by atoms with Crippen molar-refractivity contribution >= 4 is 5.90 Å². The Morgan fingerprint density at radius 2 is 1.96 bits per heavy atom. The van der Waals surface area contributed by atoms with Crippen LogP contribution in [0.3, 0.4) is 0 Å². The Hall–Kier alpha value is -2.30. The van der Waals surface area contributed by atoms with Gasteiger partial charge in [-0.3, -0.25) is 0 Å². The molecule has 2 rings (SSSR count). The van der Waals surface area contributed by atoms with Crippen molar-refractivity contribution in [1.82, 2.24) is 0 Å². The van der Waals surface area contributed by atoms with E-state index >= 15 is 0 Å². The van der Waals surface area contributed by atoms with Gasteiger partial charge in [-0.15, -0.1) is 0 Å². The molecule has 0 aliphatic heterocycles. The van der Waals surface area contributed by atoms with Gasteiger partial charge in [-0.25, -0.2) is 4.99 Å². The van der Waals surface area contributed by atoms with E-state index in [9.17, 15) is 4.39 Å². The fourth-order valence-electron chi connectivity index (χ4n) is 2.19. The normalized spacial score (nSPS) is 21.1. The number of ether oxygens (including phenoxy) is 3. The van der Waals surface area contributed by atoms with E-state index < -0.39 is 5.85 Å². The number of benzene rings is 1. The zero-order valence-corrected chi connectivity index (χ0v) is 13.5. The van der Waals surface area contributed by atoms with Crippen LogP contribution in [0.15, 0.2) is 54.7 Å². The van der Waals surface area contributed by atoms with Gasteiger partial charge < -0.3 is 14.2 Å². The van der Waals surface area contributed by atoms with Crippen LogP contribution in [-0.2, 0) is 4.74 Å². The highest BCUT2D eigenvalue weighted by Gasteiger charge is 2.33. The highest BCUT2D eigenvalue weighted by molar-refractivity contribution is 5.87. The Kier molecular flexibility index (Phi) is 5.42. The molecule has 1 saturated carbocycles. The first-order valence-electron chi connectivity index (χ1n) is 7.52. The number of hydrogen-bond acceptors (Lipinski definition) is 4. The van der Waals surface area contributed by atoms with Crippen LogP contribution in [0.2, 0.25) is 0 Å². The van der Waals surface area contributed by atoms with Crippen molar-refractivity contribution in [3.05, 3.63) is 49.7 Å². The van der Waals surface area contributed by atoms with Crippen molar-refractivity contribution in [3.8, 4) is 11.5 Å². The van der Waals surface area contributed by atoms with E-state index in [0.717, 1.165) is 12.8 Å². The zero-order valence-electron chi connectivity index (χ0n) is 13.5. The fraction of sp³-hybridized carbons (Fsp3) is 0.389. The molecule has 0 N–H and O–H groups in total. The second-order valence-electron chi connectivity index (χ2n) is 5.75. The van der Waals surface area contributed by atoms with E-state index in [1.807, 2.05) is 6.07 Å². The van der Waals surface area contributed by atoms with Crippen molar-refractivity contribution in [2.75, 3.05) is 0 Å². The van der Waals surface area contributed by atoms with E-state index in [4.69, 9.17) is 14.2 Å². The molecule has 0 amide bonds. The summed E-state index contributed by atoms with van der Waals surface area (Å²) in [4.78, 5) is 3.97. The number of aliphatic imine (C=N–C) groups is 1. The summed E-state index contributed by atoms with van der Waals surface area (Å²) in [5, 5.41) is 0. The van der Waals surface area contributed by atoms with Gasteiger partial charge in [0, 0.05) is 39.0 Å². The monoisotopic (exact) mass is 319 g/mol. The second-order valence-corrected chi connectivity index (χ2v) is 5.75. The average molecular weight is 319 g/mol. The van der Waals surface area contributed by atoms with Gasteiger partial charge in [0.2, 0.25) is 11.8 Å².